The van der Waals surface area contributed by atoms with E-state index in [4.69, 9.17) is 28.4 Å². The van der Waals surface area contributed by atoms with Gasteiger partial charge in [0.25, 0.3) is 0 Å². The quantitative estimate of drug-likeness (QED) is 0.0571. The molecule has 0 heterocycles. The lowest BCUT2D eigenvalue weighted by atomic mass is 10.1. The molecule has 6 amide bonds. The molecule has 0 aromatic carbocycles. The fourth-order valence-corrected chi connectivity index (χ4v) is 6.37. The van der Waals surface area contributed by atoms with Crippen molar-refractivity contribution in [1.82, 2.24) is 29.4 Å². The minimum absolute atomic E-state index is 0.201. The lowest BCUT2D eigenvalue weighted by Crippen LogP contribution is -2.55. The summed E-state index contributed by atoms with van der Waals surface area (Å²) in [6.45, 7) is 36.7. The van der Waals surface area contributed by atoms with Crippen molar-refractivity contribution in [2.24, 2.45) is 0 Å². The van der Waals surface area contributed by atoms with Crippen LogP contribution in [-0.4, -0.2) is 172 Å². The summed E-state index contributed by atoms with van der Waals surface area (Å²) in [6, 6.07) is 0. The minimum Gasteiger partial charge on any atom is -0.444 e. The Morgan fingerprint density at radius 1 is 0.338 bits per heavy atom. The highest BCUT2D eigenvalue weighted by atomic mass is 16.6. The lowest BCUT2D eigenvalue weighted by Gasteiger charge is -2.41. The Labute approximate surface area is 411 Å². The van der Waals surface area contributed by atoms with Gasteiger partial charge in [0.2, 0.25) is 0 Å². The molecule has 18 nitrogen and oxygen atoms in total. The van der Waals surface area contributed by atoms with Crippen molar-refractivity contribution in [3.63, 3.8) is 0 Å². The first kappa shape index (κ1) is 63.6. The molecule has 398 valence electrons. The molecule has 0 spiro atoms. The highest BCUT2D eigenvalue weighted by Crippen LogP contribution is 2.23. The largest absolute Gasteiger partial charge is 0.444 e. The van der Waals surface area contributed by atoms with Crippen LogP contribution < -0.4 is 0 Å². The average molecular weight is 973 g/mol. The van der Waals surface area contributed by atoms with Crippen LogP contribution in [-0.2, 0) is 28.4 Å². The number of rotatable bonds is 22. The van der Waals surface area contributed by atoms with Crippen LogP contribution in [0.25, 0.3) is 0 Å². The van der Waals surface area contributed by atoms with Gasteiger partial charge in [-0.2, -0.15) is 0 Å². The van der Waals surface area contributed by atoms with Gasteiger partial charge in [0.15, 0.2) is 0 Å². The molecule has 68 heavy (non-hydrogen) atoms. The van der Waals surface area contributed by atoms with Gasteiger partial charge < -0.3 is 48.0 Å². The predicted molar refractivity (Wildman–Crippen MR) is 266 cm³/mol. The second-order valence-electron chi connectivity index (χ2n) is 23.5. The molecule has 0 bridgehead atoms. The summed E-state index contributed by atoms with van der Waals surface area (Å²) in [5.41, 5.74) is -4.42. The summed E-state index contributed by atoms with van der Waals surface area (Å²) < 4.78 is 34.4. The number of unbranched alkanes of at least 4 members (excludes halogenated alkanes) is 2. The molecule has 0 aliphatic carbocycles. The maximum atomic E-state index is 14.2. The molecule has 0 aliphatic rings. The smallest absolute Gasteiger partial charge is 0.411 e. The molecule has 0 aromatic heterocycles. The Bertz CT molecular complexity index is 1450. The number of ether oxygens (including phenoxy) is 6. The second kappa shape index (κ2) is 27.7. The molecule has 0 saturated carbocycles. The Morgan fingerprint density at radius 3 is 0.838 bits per heavy atom. The molecule has 0 aliphatic heterocycles. The number of carbonyl (C=O) groups is 6. The van der Waals surface area contributed by atoms with E-state index < -0.39 is 76.3 Å². The van der Waals surface area contributed by atoms with E-state index in [-0.39, 0.29) is 13.1 Å². The lowest BCUT2D eigenvalue weighted by molar-refractivity contribution is -0.0305. The molecule has 0 radical (unpaired) electrons. The Morgan fingerprint density at radius 2 is 0.574 bits per heavy atom. The van der Waals surface area contributed by atoms with Crippen LogP contribution in [0.2, 0.25) is 0 Å². The van der Waals surface area contributed by atoms with Crippen LogP contribution in [0, 0.1) is 0 Å². The van der Waals surface area contributed by atoms with Gasteiger partial charge in [-0.25, -0.2) is 28.8 Å². The average Bonchev–Trinajstić information content (AvgIpc) is 3.11. The fraction of sp³-hybridized carbons (Fsp3) is 0.880. The van der Waals surface area contributed by atoms with E-state index in [9.17, 15) is 28.8 Å². The van der Waals surface area contributed by atoms with Crippen LogP contribution in [0.15, 0.2) is 0 Å². The third-order valence-corrected chi connectivity index (χ3v) is 9.23. The van der Waals surface area contributed by atoms with Crippen molar-refractivity contribution in [3.8, 4) is 0 Å². The highest BCUT2D eigenvalue weighted by molar-refractivity contribution is 5.72. The van der Waals surface area contributed by atoms with Crippen molar-refractivity contribution >= 4 is 36.6 Å². The monoisotopic (exact) mass is 973 g/mol. The standard InChI is InChI=1S/C50H96N6O12/c1-22-29-38(55(43(61)67-49(14,15)16)36-25-23-32-53(41(59)65-47(8,9)10)34-27-30-51(20)39(57)63-45(2,3)4)56(44(62)68-50(17,18)19)37-26-24-33-54(42(60)66-48(11,12)13)35-28-31-52(21)40(58)64-46(5,6)7/h38H,22-37H2,1-21H3. The maximum Gasteiger partial charge on any atom is 0.411 e. The third-order valence-electron chi connectivity index (χ3n) is 9.23. The SMILES string of the molecule is CCCC(N(CCCCN(CCCN(C)C(=O)OC(C)(C)C)C(=O)OC(C)(C)C)C(=O)OC(C)(C)C)N(CCCCN(CCCN(C)C(=O)OC(C)(C)C)C(=O)OC(C)(C)C)C(=O)OC(C)(C)C. The predicted octanol–water partition coefficient (Wildman–Crippen LogP) is 11.1. The maximum absolute atomic E-state index is 14.2. The zero-order valence-electron chi connectivity index (χ0n) is 46.5. The Kier molecular flexibility index (Phi) is 25.9. The van der Waals surface area contributed by atoms with Crippen molar-refractivity contribution in [1.29, 1.82) is 0 Å². The highest BCUT2D eigenvalue weighted by Gasteiger charge is 2.36. The number of hydrogen-bond acceptors (Lipinski definition) is 12. The topological polar surface area (TPSA) is 177 Å². The zero-order chi connectivity index (χ0) is 53.1. The van der Waals surface area contributed by atoms with E-state index in [0.717, 1.165) is 0 Å². The summed E-state index contributed by atoms with van der Waals surface area (Å²) in [7, 11) is 3.31. The summed E-state index contributed by atoms with van der Waals surface area (Å²) in [6.07, 6.45) is 0.0552. The molecule has 18 heteroatoms. The van der Waals surface area contributed by atoms with Crippen molar-refractivity contribution in [3.05, 3.63) is 0 Å². The van der Waals surface area contributed by atoms with Crippen molar-refractivity contribution in [2.75, 3.05) is 66.5 Å². The minimum atomic E-state index is -0.838. The van der Waals surface area contributed by atoms with Crippen LogP contribution >= 0.6 is 0 Å². The van der Waals surface area contributed by atoms with Gasteiger partial charge in [-0.05, 0) is 170 Å². The van der Waals surface area contributed by atoms with E-state index in [0.29, 0.717) is 90.6 Å². The molecule has 0 atom stereocenters. The fourth-order valence-electron chi connectivity index (χ4n) is 6.37. The summed E-state index contributed by atoms with van der Waals surface area (Å²) >= 11 is 0. The van der Waals surface area contributed by atoms with Gasteiger partial charge in [0, 0.05) is 66.5 Å². The van der Waals surface area contributed by atoms with Gasteiger partial charge in [0.05, 0.1) is 0 Å². The molecule has 0 N–H and O–H groups in total. The van der Waals surface area contributed by atoms with Crippen LogP contribution in [0.3, 0.4) is 0 Å². The van der Waals surface area contributed by atoms with Gasteiger partial charge in [-0.3, -0.25) is 9.80 Å². The van der Waals surface area contributed by atoms with Gasteiger partial charge in [-0.15, -0.1) is 0 Å². The molecule has 0 unspecified atom stereocenters. The van der Waals surface area contributed by atoms with E-state index >= 15 is 0 Å². The normalized spacial score (nSPS) is 12.4. The van der Waals surface area contributed by atoms with Crippen LogP contribution in [0.4, 0.5) is 28.8 Å². The molecule has 0 fully saturated rings. The second-order valence-corrected chi connectivity index (χ2v) is 23.5. The van der Waals surface area contributed by atoms with E-state index in [1.165, 1.54) is 9.80 Å². The van der Waals surface area contributed by atoms with E-state index in [1.54, 1.807) is 158 Å². The molecular weight excluding hydrogens is 877 g/mol. The first-order chi connectivity index (χ1) is 30.7. The molecular formula is C50H96N6O12. The van der Waals surface area contributed by atoms with E-state index in [2.05, 4.69) is 0 Å². The Hall–Kier alpha value is -4.38. The van der Waals surface area contributed by atoms with Crippen molar-refractivity contribution in [2.45, 2.75) is 223 Å². The number of nitrogens with zero attached hydrogens (tertiary/aromatic N) is 6. The first-order valence-electron chi connectivity index (χ1n) is 24.6. The van der Waals surface area contributed by atoms with Gasteiger partial charge in [0.1, 0.15) is 39.8 Å². The number of hydrogen-bond donors (Lipinski definition) is 0. The summed E-state index contributed by atoms with van der Waals surface area (Å²) in [4.78, 5) is 89.8. The zero-order valence-corrected chi connectivity index (χ0v) is 46.5. The third kappa shape index (κ3) is 30.2. The first-order valence-corrected chi connectivity index (χ1v) is 24.6. The number of amides is 6. The van der Waals surface area contributed by atoms with Gasteiger partial charge >= 0.3 is 36.6 Å². The molecule has 0 aromatic rings. The molecule has 0 rings (SSSR count). The molecule has 0 saturated heterocycles. The Balaban J connectivity index is 6.53. The summed E-state index contributed by atoms with van der Waals surface area (Å²) in [5.74, 6) is 0. The van der Waals surface area contributed by atoms with E-state index in [1.807, 2.05) is 6.92 Å². The number of carbonyl (C=O) groups excluding carboxylic acids is 6. The van der Waals surface area contributed by atoms with Gasteiger partial charge in [-0.1, -0.05) is 13.3 Å². The van der Waals surface area contributed by atoms with Crippen LogP contribution in [0.1, 0.15) is 183 Å². The summed E-state index contributed by atoms with van der Waals surface area (Å²) in [5, 5.41) is 0. The van der Waals surface area contributed by atoms with Crippen LogP contribution in [0.5, 0.6) is 0 Å². The van der Waals surface area contributed by atoms with Crippen molar-refractivity contribution < 1.29 is 57.2 Å².